The van der Waals surface area contributed by atoms with Crippen molar-refractivity contribution in [2.75, 3.05) is 25.1 Å². The van der Waals surface area contributed by atoms with Crippen LogP contribution in [0.25, 0.3) is 10.9 Å². The maximum Gasteiger partial charge on any atom is 0.223 e. The lowest BCUT2D eigenvalue weighted by Gasteiger charge is -2.23. The molecule has 0 bridgehead atoms. The first-order chi connectivity index (χ1) is 14.0. The van der Waals surface area contributed by atoms with Gasteiger partial charge in [0.1, 0.15) is 5.75 Å². The molecule has 0 atom stereocenters. The van der Waals surface area contributed by atoms with Gasteiger partial charge < -0.3 is 19.9 Å². The van der Waals surface area contributed by atoms with Crippen molar-refractivity contribution in [1.29, 1.82) is 0 Å². The number of H-pyrrole nitrogens is 1. The number of fused-ring (bicyclic) bond motifs is 1. The highest BCUT2D eigenvalue weighted by Gasteiger charge is 2.17. The molecule has 0 unspecified atom stereocenters. The van der Waals surface area contributed by atoms with Gasteiger partial charge in [0.25, 0.3) is 0 Å². The SMILES string of the molecule is COc1ccc(C)cc1N(CCC(=O)NCCc1c[nH]c2ccccc12)C(C)=O. The smallest absolute Gasteiger partial charge is 0.223 e. The number of rotatable bonds is 8. The van der Waals surface area contributed by atoms with Gasteiger partial charge in [0.15, 0.2) is 0 Å². The molecule has 0 aliphatic rings. The topological polar surface area (TPSA) is 74.4 Å². The van der Waals surface area contributed by atoms with Crippen molar-refractivity contribution in [3.05, 3.63) is 59.8 Å². The molecule has 6 nitrogen and oxygen atoms in total. The summed E-state index contributed by atoms with van der Waals surface area (Å²) in [6.45, 7) is 4.30. The van der Waals surface area contributed by atoms with Gasteiger partial charge in [-0.1, -0.05) is 24.3 Å². The van der Waals surface area contributed by atoms with Gasteiger partial charge in [-0.05, 0) is 42.7 Å². The van der Waals surface area contributed by atoms with E-state index in [2.05, 4.69) is 16.4 Å². The monoisotopic (exact) mass is 393 g/mol. The lowest BCUT2D eigenvalue weighted by atomic mass is 10.1. The lowest BCUT2D eigenvalue weighted by Crippen LogP contribution is -2.34. The van der Waals surface area contributed by atoms with Crippen LogP contribution in [0.15, 0.2) is 48.7 Å². The number of ether oxygens (including phenoxy) is 1. The zero-order chi connectivity index (χ0) is 20.8. The van der Waals surface area contributed by atoms with Gasteiger partial charge in [-0.2, -0.15) is 0 Å². The van der Waals surface area contributed by atoms with Crippen LogP contribution in [-0.2, 0) is 16.0 Å². The van der Waals surface area contributed by atoms with E-state index in [-0.39, 0.29) is 18.2 Å². The molecule has 0 saturated carbocycles. The number of aromatic amines is 1. The van der Waals surface area contributed by atoms with Gasteiger partial charge in [-0.15, -0.1) is 0 Å². The van der Waals surface area contributed by atoms with Gasteiger partial charge in [0.05, 0.1) is 12.8 Å². The molecule has 2 aromatic carbocycles. The van der Waals surface area contributed by atoms with Crippen LogP contribution in [0.1, 0.15) is 24.5 Å². The molecular weight excluding hydrogens is 366 g/mol. The molecule has 0 saturated heterocycles. The Morgan fingerprint density at radius 2 is 1.97 bits per heavy atom. The maximum absolute atomic E-state index is 12.3. The second kappa shape index (κ2) is 9.28. The highest BCUT2D eigenvalue weighted by atomic mass is 16.5. The van der Waals surface area contributed by atoms with Crippen LogP contribution in [0, 0.1) is 6.92 Å². The molecule has 29 heavy (non-hydrogen) atoms. The van der Waals surface area contributed by atoms with Crippen molar-refractivity contribution in [3.8, 4) is 5.75 Å². The highest BCUT2D eigenvalue weighted by Crippen LogP contribution is 2.29. The first kappa shape index (κ1) is 20.5. The lowest BCUT2D eigenvalue weighted by molar-refractivity contribution is -0.121. The zero-order valence-electron chi connectivity index (χ0n) is 17.1. The minimum absolute atomic E-state index is 0.0808. The first-order valence-electron chi connectivity index (χ1n) is 9.74. The van der Waals surface area contributed by atoms with E-state index in [9.17, 15) is 9.59 Å². The Balaban J connectivity index is 1.56. The molecule has 1 heterocycles. The molecule has 152 valence electrons. The highest BCUT2D eigenvalue weighted by molar-refractivity contribution is 5.94. The molecule has 0 aliphatic carbocycles. The van der Waals surface area contributed by atoms with Crippen LogP contribution in [0.5, 0.6) is 5.75 Å². The number of amides is 2. The predicted octanol–water partition coefficient (Wildman–Crippen LogP) is 3.59. The number of hydrogen-bond donors (Lipinski definition) is 2. The van der Waals surface area contributed by atoms with E-state index in [4.69, 9.17) is 4.74 Å². The Bertz CT molecular complexity index is 1010. The Kier molecular flexibility index (Phi) is 6.54. The summed E-state index contributed by atoms with van der Waals surface area (Å²) in [6, 6.07) is 13.8. The van der Waals surface area contributed by atoms with E-state index >= 15 is 0 Å². The number of carbonyl (C=O) groups excluding carboxylic acids is 2. The van der Waals surface area contributed by atoms with E-state index in [0.29, 0.717) is 24.5 Å². The van der Waals surface area contributed by atoms with Crippen molar-refractivity contribution in [3.63, 3.8) is 0 Å². The number of para-hydroxylation sites is 1. The maximum atomic E-state index is 12.3. The third-order valence-electron chi connectivity index (χ3n) is 4.96. The van der Waals surface area contributed by atoms with E-state index in [1.807, 2.05) is 49.5 Å². The molecule has 2 amide bonds. The molecule has 0 radical (unpaired) electrons. The molecule has 2 N–H and O–H groups in total. The number of anilines is 1. The standard InChI is InChI=1S/C23H27N3O3/c1-16-8-9-22(29-3)21(14-16)26(17(2)27)13-11-23(28)24-12-10-18-15-25-20-7-5-4-6-19(18)20/h4-9,14-15,25H,10-13H2,1-3H3,(H,24,28). The molecule has 0 aliphatic heterocycles. The van der Waals surface area contributed by atoms with Crippen LogP contribution in [0.4, 0.5) is 5.69 Å². The van der Waals surface area contributed by atoms with Gasteiger partial charge in [0.2, 0.25) is 11.8 Å². The number of methoxy groups -OCH3 is 1. The molecule has 0 fully saturated rings. The first-order valence-corrected chi connectivity index (χ1v) is 9.74. The second-order valence-corrected chi connectivity index (χ2v) is 7.06. The van der Waals surface area contributed by atoms with E-state index < -0.39 is 0 Å². The largest absolute Gasteiger partial charge is 0.495 e. The van der Waals surface area contributed by atoms with Crippen molar-refractivity contribution in [2.45, 2.75) is 26.7 Å². The van der Waals surface area contributed by atoms with Crippen molar-refractivity contribution >= 4 is 28.4 Å². The molecule has 0 spiro atoms. The summed E-state index contributed by atoms with van der Waals surface area (Å²) in [4.78, 5) is 29.3. The molecule has 6 heteroatoms. The number of benzene rings is 2. The van der Waals surface area contributed by atoms with Gasteiger partial charge >= 0.3 is 0 Å². The number of nitrogens with zero attached hydrogens (tertiary/aromatic N) is 1. The van der Waals surface area contributed by atoms with Crippen LogP contribution >= 0.6 is 0 Å². The number of carbonyl (C=O) groups is 2. The quantitative estimate of drug-likeness (QED) is 0.614. The second-order valence-electron chi connectivity index (χ2n) is 7.06. The summed E-state index contributed by atoms with van der Waals surface area (Å²) >= 11 is 0. The van der Waals surface area contributed by atoms with Gasteiger partial charge in [-0.3, -0.25) is 9.59 Å². The fourth-order valence-corrected chi connectivity index (χ4v) is 3.44. The van der Waals surface area contributed by atoms with E-state index in [0.717, 1.165) is 17.5 Å². The van der Waals surface area contributed by atoms with Crippen LogP contribution < -0.4 is 15.0 Å². The Hall–Kier alpha value is -3.28. The average molecular weight is 393 g/mol. The van der Waals surface area contributed by atoms with Gasteiger partial charge in [-0.25, -0.2) is 0 Å². The summed E-state index contributed by atoms with van der Waals surface area (Å²) < 4.78 is 5.38. The Morgan fingerprint density at radius 1 is 1.17 bits per heavy atom. The van der Waals surface area contributed by atoms with Crippen molar-refractivity contribution < 1.29 is 14.3 Å². The molecule has 1 aromatic heterocycles. The van der Waals surface area contributed by atoms with Crippen LogP contribution in [-0.4, -0.2) is 37.0 Å². The van der Waals surface area contributed by atoms with Gasteiger partial charge in [0, 0.05) is 43.5 Å². The van der Waals surface area contributed by atoms with Crippen LogP contribution in [0.3, 0.4) is 0 Å². The van der Waals surface area contributed by atoms with E-state index in [1.165, 1.54) is 17.9 Å². The molecule has 3 aromatic rings. The zero-order valence-corrected chi connectivity index (χ0v) is 17.1. The van der Waals surface area contributed by atoms with Crippen molar-refractivity contribution in [2.24, 2.45) is 0 Å². The third kappa shape index (κ3) is 4.96. The van der Waals surface area contributed by atoms with E-state index in [1.54, 1.807) is 12.0 Å². The normalized spacial score (nSPS) is 10.7. The number of nitrogens with one attached hydrogen (secondary N) is 2. The fourth-order valence-electron chi connectivity index (χ4n) is 3.44. The Morgan fingerprint density at radius 3 is 2.72 bits per heavy atom. The summed E-state index contributed by atoms with van der Waals surface area (Å²) in [5.74, 6) is 0.411. The summed E-state index contributed by atoms with van der Waals surface area (Å²) in [7, 11) is 1.57. The fraction of sp³-hybridized carbons (Fsp3) is 0.304. The third-order valence-corrected chi connectivity index (χ3v) is 4.96. The predicted molar refractivity (Wildman–Crippen MR) is 115 cm³/mol. The number of aryl methyl sites for hydroxylation is 1. The Labute approximate surface area is 170 Å². The molecule has 3 rings (SSSR count). The minimum Gasteiger partial charge on any atom is -0.495 e. The van der Waals surface area contributed by atoms with Crippen molar-refractivity contribution in [1.82, 2.24) is 10.3 Å². The number of aromatic nitrogens is 1. The summed E-state index contributed by atoms with van der Waals surface area (Å²) in [5, 5.41) is 4.13. The average Bonchev–Trinajstić information content (AvgIpc) is 3.11. The minimum atomic E-state index is -0.125. The molecular formula is C23H27N3O3. The summed E-state index contributed by atoms with van der Waals surface area (Å²) in [6.07, 6.45) is 2.96. The van der Waals surface area contributed by atoms with Crippen LogP contribution in [0.2, 0.25) is 0 Å². The number of hydrogen-bond acceptors (Lipinski definition) is 3. The summed E-state index contributed by atoms with van der Waals surface area (Å²) in [5.41, 5.74) is 3.98.